The van der Waals surface area contributed by atoms with Crippen LogP contribution in [0.3, 0.4) is 0 Å². The highest BCUT2D eigenvalue weighted by Gasteiger charge is 2.15. The fourth-order valence-corrected chi connectivity index (χ4v) is 1.38. The first-order valence-corrected chi connectivity index (χ1v) is 6.23. The number of halogens is 1. The van der Waals surface area contributed by atoms with E-state index >= 15 is 0 Å². The highest BCUT2D eigenvalue weighted by atomic mass is 35.5. The number of ether oxygens (including phenoxy) is 1. The molecule has 5 heteroatoms. The molecule has 2 unspecified atom stereocenters. The predicted molar refractivity (Wildman–Crippen MR) is 79.7 cm³/mol. The summed E-state index contributed by atoms with van der Waals surface area (Å²) < 4.78 is 5.51. The first-order chi connectivity index (χ1) is 8.50. The Labute approximate surface area is 121 Å². The Morgan fingerprint density at radius 1 is 1.32 bits per heavy atom. The van der Waals surface area contributed by atoms with Crippen LogP contribution in [0.1, 0.15) is 19.4 Å². The average Bonchev–Trinajstić information content (AvgIpc) is 2.35. The molecule has 2 atom stereocenters. The maximum Gasteiger partial charge on any atom is 0.224 e. The summed E-state index contributed by atoms with van der Waals surface area (Å²) in [5, 5.41) is 2.80. The average molecular weight is 287 g/mol. The number of hydrogen-bond acceptors (Lipinski definition) is 3. The van der Waals surface area contributed by atoms with Crippen molar-refractivity contribution in [3.05, 3.63) is 29.8 Å². The van der Waals surface area contributed by atoms with Crippen LogP contribution in [-0.2, 0) is 4.79 Å². The molecule has 1 amide bonds. The van der Waals surface area contributed by atoms with Crippen molar-refractivity contribution in [2.75, 3.05) is 13.2 Å². The maximum atomic E-state index is 11.6. The van der Waals surface area contributed by atoms with Gasteiger partial charge in [0.25, 0.3) is 0 Å². The lowest BCUT2D eigenvalue weighted by atomic mass is 10.0. The van der Waals surface area contributed by atoms with E-state index in [0.717, 1.165) is 5.75 Å². The van der Waals surface area contributed by atoms with Crippen molar-refractivity contribution >= 4 is 18.3 Å². The van der Waals surface area contributed by atoms with E-state index in [9.17, 15) is 4.79 Å². The van der Waals surface area contributed by atoms with Gasteiger partial charge < -0.3 is 15.8 Å². The molecular weight excluding hydrogens is 264 g/mol. The first-order valence-electron chi connectivity index (χ1n) is 6.23. The third kappa shape index (κ3) is 6.45. The summed E-state index contributed by atoms with van der Waals surface area (Å²) in [4.78, 5) is 11.6. The van der Waals surface area contributed by atoms with Crippen molar-refractivity contribution in [2.24, 2.45) is 11.7 Å². The number of carbonyl (C=O) groups excluding carboxylic acids is 1. The number of rotatable bonds is 6. The van der Waals surface area contributed by atoms with Crippen LogP contribution in [0, 0.1) is 12.8 Å². The molecule has 0 saturated heterocycles. The van der Waals surface area contributed by atoms with E-state index < -0.39 is 0 Å². The van der Waals surface area contributed by atoms with Gasteiger partial charge in [-0.25, -0.2) is 0 Å². The van der Waals surface area contributed by atoms with E-state index in [0.29, 0.717) is 13.2 Å². The van der Waals surface area contributed by atoms with E-state index in [-0.39, 0.29) is 30.3 Å². The highest BCUT2D eigenvalue weighted by molar-refractivity contribution is 5.85. The zero-order chi connectivity index (χ0) is 13.5. The third-order valence-corrected chi connectivity index (χ3v) is 2.89. The van der Waals surface area contributed by atoms with Crippen LogP contribution in [0.15, 0.2) is 24.3 Å². The summed E-state index contributed by atoms with van der Waals surface area (Å²) >= 11 is 0. The number of amides is 1. The van der Waals surface area contributed by atoms with Crippen molar-refractivity contribution in [1.29, 1.82) is 0 Å². The Hall–Kier alpha value is -1.26. The predicted octanol–water partition coefficient (Wildman–Crippen LogP) is 1.90. The molecule has 0 aliphatic rings. The number of carbonyl (C=O) groups is 1. The van der Waals surface area contributed by atoms with E-state index in [1.54, 1.807) is 0 Å². The van der Waals surface area contributed by atoms with Crippen LogP contribution in [0.25, 0.3) is 0 Å². The summed E-state index contributed by atoms with van der Waals surface area (Å²) in [6.07, 6.45) is 0. The Morgan fingerprint density at radius 3 is 2.42 bits per heavy atom. The molecular formula is C14H23ClN2O2. The lowest BCUT2D eigenvalue weighted by Crippen LogP contribution is -2.40. The zero-order valence-electron chi connectivity index (χ0n) is 11.7. The van der Waals surface area contributed by atoms with Crippen LogP contribution in [0.5, 0.6) is 5.75 Å². The molecule has 0 aromatic heterocycles. The molecule has 3 N–H and O–H groups in total. The van der Waals surface area contributed by atoms with Crippen molar-refractivity contribution in [3.63, 3.8) is 0 Å². The molecule has 108 valence electrons. The monoisotopic (exact) mass is 286 g/mol. The highest BCUT2D eigenvalue weighted by Crippen LogP contribution is 2.10. The molecule has 0 radical (unpaired) electrons. The van der Waals surface area contributed by atoms with Gasteiger partial charge in [-0.1, -0.05) is 24.6 Å². The number of hydrogen-bond donors (Lipinski definition) is 2. The number of nitrogens with one attached hydrogen (secondary N) is 1. The van der Waals surface area contributed by atoms with Gasteiger partial charge in [-0.05, 0) is 26.0 Å². The summed E-state index contributed by atoms with van der Waals surface area (Å²) in [7, 11) is 0. The SMILES string of the molecule is Cc1ccc(OCCNC(=O)C(C)C(C)N)cc1.Cl. The first kappa shape index (κ1) is 17.7. The minimum absolute atomic E-state index is 0. The molecule has 1 aromatic rings. The molecule has 0 saturated carbocycles. The maximum absolute atomic E-state index is 11.6. The molecule has 1 aromatic carbocycles. The van der Waals surface area contributed by atoms with Crippen LogP contribution >= 0.6 is 12.4 Å². The summed E-state index contributed by atoms with van der Waals surface area (Å²) in [5.74, 6) is 0.608. The van der Waals surface area contributed by atoms with Crippen LogP contribution < -0.4 is 15.8 Å². The lowest BCUT2D eigenvalue weighted by molar-refractivity contribution is -0.125. The van der Waals surface area contributed by atoms with E-state index in [1.165, 1.54) is 5.56 Å². The van der Waals surface area contributed by atoms with E-state index in [4.69, 9.17) is 10.5 Å². The number of aryl methyl sites for hydroxylation is 1. The topological polar surface area (TPSA) is 64.3 Å². The smallest absolute Gasteiger partial charge is 0.224 e. The third-order valence-electron chi connectivity index (χ3n) is 2.89. The Balaban J connectivity index is 0.00000324. The minimum atomic E-state index is -0.177. The Morgan fingerprint density at radius 2 is 1.89 bits per heavy atom. The Kier molecular flexibility index (Phi) is 8.19. The van der Waals surface area contributed by atoms with E-state index in [1.807, 2.05) is 45.0 Å². The quantitative estimate of drug-likeness (QED) is 0.785. The molecule has 1 rings (SSSR count). The summed E-state index contributed by atoms with van der Waals surface area (Å²) in [6, 6.07) is 7.68. The van der Waals surface area contributed by atoms with Gasteiger partial charge in [-0.2, -0.15) is 0 Å². The molecule has 4 nitrogen and oxygen atoms in total. The molecule has 19 heavy (non-hydrogen) atoms. The van der Waals surface area contributed by atoms with Gasteiger partial charge in [-0.15, -0.1) is 12.4 Å². The van der Waals surface area contributed by atoms with Gasteiger partial charge in [0.2, 0.25) is 5.91 Å². The zero-order valence-corrected chi connectivity index (χ0v) is 12.5. The second-order valence-electron chi connectivity index (χ2n) is 4.60. The number of nitrogens with two attached hydrogens (primary N) is 1. The van der Waals surface area contributed by atoms with Crippen LogP contribution in [0.2, 0.25) is 0 Å². The number of benzene rings is 1. The Bertz CT molecular complexity index is 380. The molecule has 0 aliphatic carbocycles. The second kappa shape index (κ2) is 8.77. The molecule has 0 spiro atoms. The van der Waals surface area contributed by atoms with Gasteiger partial charge in [0, 0.05) is 12.0 Å². The van der Waals surface area contributed by atoms with Gasteiger partial charge in [-0.3, -0.25) is 4.79 Å². The summed E-state index contributed by atoms with van der Waals surface area (Å²) in [6.45, 7) is 6.62. The van der Waals surface area contributed by atoms with Crippen molar-refractivity contribution < 1.29 is 9.53 Å². The van der Waals surface area contributed by atoms with E-state index in [2.05, 4.69) is 5.32 Å². The van der Waals surface area contributed by atoms with Gasteiger partial charge in [0.15, 0.2) is 0 Å². The normalized spacial score (nSPS) is 13.1. The lowest BCUT2D eigenvalue weighted by Gasteiger charge is -2.15. The standard InChI is InChI=1S/C14H22N2O2.ClH/c1-10-4-6-13(7-5-10)18-9-8-16-14(17)11(2)12(3)15;/h4-7,11-12H,8-9,15H2,1-3H3,(H,16,17);1H. The fourth-order valence-electron chi connectivity index (χ4n) is 1.38. The van der Waals surface area contributed by atoms with Gasteiger partial charge in [0.1, 0.15) is 12.4 Å². The fraction of sp³-hybridized carbons (Fsp3) is 0.500. The van der Waals surface area contributed by atoms with Crippen LogP contribution in [-0.4, -0.2) is 25.1 Å². The van der Waals surface area contributed by atoms with Gasteiger partial charge in [0.05, 0.1) is 6.54 Å². The molecule has 0 heterocycles. The van der Waals surface area contributed by atoms with Gasteiger partial charge >= 0.3 is 0 Å². The largest absolute Gasteiger partial charge is 0.492 e. The van der Waals surface area contributed by atoms with Crippen molar-refractivity contribution in [2.45, 2.75) is 26.8 Å². The minimum Gasteiger partial charge on any atom is -0.492 e. The molecule has 0 fully saturated rings. The van der Waals surface area contributed by atoms with Crippen LogP contribution in [0.4, 0.5) is 0 Å². The summed E-state index contributed by atoms with van der Waals surface area (Å²) in [5.41, 5.74) is 6.85. The molecule has 0 aliphatic heterocycles. The second-order valence-corrected chi connectivity index (χ2v) is 4.60. The van der Waals surface area contributed by atoms with Crippen molar-refractivity contribution in [1.82, 2.24) is 5.32 Å². The molecule has 0 bridgehead atoms. The van der Waals surface area contributed by atoms with Crippen molar-refractivity contribution in [3.8, 4) is 5.75 Å².